The number of benzene rings is 2. The van der Waals surface area contributed by atoms with Gasteiger partial charge in [-0.1, -0.05) is 64.0 Å². The smallest absolute Gasteiger partial charge is 0.341 e. The molecule has 0 atom stereocenters. The van der Waals surface area contributed by atoms with Gasteiger partial charge in [0.1, 0.15) is 5.75 Å². The summed E-state index contributed by atoms with van der Waals surface area (Å²) in [5.41, 5.74) is 1.97. The summed E-state index contributed by atoms with van der Waals surface area (Å²) >= 11 is 0. The Kier molecular flexibility index (Phi) is 11.7. The van der Waals surface area contributed by atoms with E-state index in [2.05, 4.69) is 20.1 Å². The fourth-order valence-electron chi connectivity index (χ4n) is 4.73. The van der Waals surface area contributed by atoms with Gasteiger partial charge in [0.2, 0.25) is 0 Å². The van der Waals surface area contributed by atoms with Crippen LogP contribution in [0.4, 0.5) is 0 Å². The number of carbonyl (C=O) groups excluding carboxylic acids is 3. The minimum absolute atomic E-state index is 0.0236. The van der Waals surface area contributed by atoms with Gasteiger partial charge in [-0.2, -0.15) is 0 Å². The van der Waals surface area contributed by atoms with E-state index in [0.29, 0.717) is 17.2 Å². The van der Waals surface area contributed by atoms with Crippen molar-refractivity contribution in [2.75, 3.05) is 13.7 Å². The predicted molar refractivity (Wildman–Crippen MR) is 154 cm³/mol. The SMILES string of the molecule is C=C(C)C(=O)Oc1ccc(-c2ccc(OC(=O)C(=C)COC)c(OC(=O)C3CCC(CCCCC)CC3)c2)cc1. The Morgan fingerprint density at radius 3 is 2.12 bits per heavy atom. The normalized spacial score (nSPS) is 16.6. The van der Waals surface area contributed by atoms with Crippen LogP contribution in [0.25, 0.3) is 11.1 Å². The maximum atomic E-state index is 13.2. The summed E-state index contributed by atoms with van der Waals surface area (Å²) < 4.78 is 21.6. The van der Waals surface area contributed by atoms with Crippen molar-refractivity contribution in [2.45, 2.75) is 65.2 Å². The minimum atomic E-state index is -0.664. The Hall–Kier alpha value is -3.71. The van der Waals surface area contributed by atoms with Gasteiger partial charge in [-0.25, -0.2) is 9.59 Å². The molecule has 2 aromatic rings. The topological polar surface area (TPSA) is 88.1 Å². The van der Waals surface area contributed by atoms with Crippen LogP contribution in [-0.2, 0) is 19.1 Å². The summed E-state index contributed by atoms with van der Waals surface area (Å²) in [5, 5.41) is 0. The van der Waals surface area contributed by atoms with E-state index < -0.39 is 11.9 Å². The molecule has 0 heterocycles. The van der Waals surface area contributed by atoms with E-state index in [4.69, 9.17) is 18.9 Å². The summed E-state index contributed by atoms with van der Waals surface area (Å²) in [6.07, 6.45) is 8.53. The Labute approximate surface area is 237 Å². The second kappa shape index (κ2) is 15.2. The molecule has 1 fully saturated rings. The van der Waals surface area contributed by atoms with Gasteiger partial charge in [0, 0.05) is 12.7 Å². The zero-order valence-corrected chi connectivity index (χ0v) is 23.8. The lowest BCUT2D eigenvalue weighted by Gasteiger charge is -2.27. The van der Waals surface area contributed by atoms with Gasteiger partial charge in [-0.15, -0.1) is 0 Å². The minimum Gasteiger partial charge on any atom is -0.423 e. The quantitative estimate of drug-likeness (QED) is 0.113. The fourth-order valence-corrected chi connectivity index (χ4v) is 4.73. The first-order valence-electron chi connectivity index (χ1n) is 13.9. The lowest BCUT2D eigenvalue weighted by Crippen LogP contribution is -2.26. The van der Waals surface area contributed by atoms with Gasteiger partial charge in [0.15, 0.2) is 11.5 Å². The van der Waals surface area contributed by atoms with E-state index >= 15 is 0 Å². The van der Waals surface area contributed by atoms with Crippen molar-refractivity contribution in [3.05, 3.63) is 66.8 Å². The molecule has 0 radical (unpaired) electrons. The summed E-state index contributed by atoms with van der Waals surface area (Å²) in [6.45, 7) is 11.1. The Balaban J connectivity index is 1.78. The molecule has 1 aliphatic carbocycles. The molecule has 0 aliphatic heterocycles. The van der Waals surface area contributed by atoms with Crippen molar-refractivity contribution in [3.63, 3.8) is 0 Å². The molecule has 1 aliphatic rings. The van der Waals surface area contributed by atoms with Crippen molar-refractivity contribution in [1.82, 2.24) is 0 Å². The zero-order chi connectivity index (χ0) is 29.1. The molecule has 3 rings (SSSR count). The summed E-state index contributed by atoms with van der Waals surface area (Å²) in [6, 6.07) is 11.9. The number of rotatable bonds is 13. The van der Waals surface area contributed by atoms with Crippen molar-refractivity contribution in [1.29, 1.82) is 0 Å². The highest BCUT2D eigenvalue weighted by molar-refractivity contribution is 5.90. The zero-order valence-electron chi connectivity index (χ0n) is 23.8. The Morgan fingerprint density at radius 1 is 0.825 bits per heavy atom. The Morgan fingerprint density at radius 2 is 1.50 bits per heavy atom. The van der Waals surface area contributed by atoms with Gasteiger partial charge in [-0.05, 0) is 73.9 Å². The average Bonchev–Trinajstić information content (AvgIpc) is 2.95. The molecule has 0 bridgehead atoms. The monoisotopic (exact) mass is 548 g/mol. The third-order valence-corrected chi connectivity index (χ3v) is 7.11. The third-order valence-electron chi connectivity index (χ3n) is 7.11. The van der Waals surface area contributed by atoms with Gasteiger partial charge in [0.25, 0.3) is 0 Å². The van der Waals surface area contributed by atoms with Gasteiger partial charge >= 0.3 is 17.9 Å². The highest BCUT2D eigenvalue weighted by Crippen LogP contribution is 2.37. The van der Waals surface area contributed by atoms with Crippen molar-refractivity contribution >= 4 is 17.9 Å². The number of unbranched alkanes of at least 4 members (excludes halogenated alkanes) is 2. The predicted octanol–water partition coefficient (Wildman–Crippen LogP) is 7.24. The second-order valence-electron chi connectivity index (χ2n) is 10.4. The van der Waals surface area contributed by atoms with Crippen molar-refractivity contribution < 1.29 is 33.3 Å². The molecule has 0 N–H and O–H groups in total. The largest absolute Gasteiger partial charge is 0.423 e. The number of methoxy groups -OCH3 is 1. The summed E-state index contributed by atoms with van der Waals surface area (Å²) in [5.74, 6) is -0.347. The first kappa shape index (κ1) is 30.8. The molecule has 0 unspecified atom stereocenters. The maximum Gasteiger partial charge on any atom is 0.341 e. The molecule has 2 aromatic carbocycles. The highest BCUT2D eigenvalue weighted by atomic mass is 16.6. The highest BCUT2D eigenvalue weighted by Gasteiger charge is 2.28. The molecule has 0 saturated heterocycles. The number of ether oxygens (including phenoxy) is 4. The molecular formula is C33H40O7. The number of esters is 3. The van der Waals surface area contributed by atoms with Gasteiger partial charge in [0.05, 0.1) is 18.1 Å². The molecule has 214 valence electrons. The Bertz CT molecular complexity index is 1200. The second-order valence-corrected chi connectivity index (χ2v) is 10.4. The van der Waals surface area contributed by atoms with E-state index in [-0.39, 0.29) is 35.6 Å². The van der Waals surface area contributed by atoms with Crippen LogP contribution < -0.4 is 14.2 Å². The molecule has 7 heteroatoms. The molecule has 40 heavy (non-hydrogen) atoms. The number of hydrogen-bond acceptors (Lipinski definition) is 7. The molecular weight excluding hydrogens is 508 g/mol. The first-order chi connectivity index (χ1) is 19.2. The van der Waals surface area contributed by atoms with E-state index in [1.807, 2.05) is 0 Å². The summed E-state index contributed by atoms with van der Waals surface area (Å²) in [4.78, 5) is 37.5. The van der Waals surface area contributed by atoms with Crippen LogP contribution in [0, 0.1) is 11.8 Å². The standard InChI is InChI=1S/C33H40O7/c1-6-7-8-9-24-10-12-26(13-11-24)33(36)40-30-20-27(16-19-29(30)39-32(35)23(4)21-37-5)25-14-17-28(18-15-25)38-31(34)22(2)3/h14-20,24,26H,2,4,6-13,21H2,1,3,5H3. The van der Waals surface area contributed by atoms with E-state index in [1.54, 1.807) is 49.4 Å². The lowest BCUT2D eigenvalue weighted by molar-refractivity contribution is -0.141. The van der Waals surface area contributed by atoms with E-state index in [9.17, 15) is 14.4 Å². The van der Waals surface area contributed by atoms with E-state index in [0.717, 1.165) is 36.8 Å². The summed E-state index contributed by atoms with van der Waals surface area (Å²) in [7, 11) is 1.46. The van der Waals surface area contributed by atoms with Gasteiger partial charge in [-0.3, -0.25) is 4.79 Å². The van der Waals surface area contributed by atoms with Crippen molar-refractivity contribution in [3.8, 4) is 28.4 Å². The molecule has 0 amide bonds. The molecule has 1 saturated carbocycles. The van der Waals surface area contributed by atoms with Crippen LogP contribution in [-0.4, -0.2) is 31.6 Å². The van der Waals surface area contributed by atoms with Crippen LogP contribution in [0.3, 0.4) is 0 Å². The molecule has 7 nitrogen and oxygen atoms in total. The lowest BCUT2D eigenvalue weighted by atomic mass is 9.80. The number of hydrogen-bond donors (Lipinski definition) is 0. The van der Waals surface area contributed by atoms with Crippen molar-refractivity contribution in [2.24, 2.45) is 11.8 Å². The van der Waals surface area contributed by atoms with Crippen LogP contribution in [0.5, 0.6) is 17.2 Å². The fraction of sp³-hybridized carbons (Fsp3) is 0.424. The third kappa shape index (κ3) is 8.91. The average molecular weight is 549 g/mol. The number of carbonyl (C=O) groups is 3. The maximum absolute atomic E-state index is 13.2. The van der Waals surface area contributed by atoms with E-state index in [1.165, 1.54) is 32.8 Å². The van der Waals surface area contributed by atoms with Crippen LogP contribution >= 0.6 is 0 Å². The molecule has 0 spiro atoms. The van der Waals surface area contributed by atoms with Crippen LogP contribution in [0.15, 0.2) is 66.8 Å². The molecule has 0 aromatic heterocycles. The van der Waals surface area contributed by atoms with Crippen LogP contribution in [0.2, 0.25) is 0 Å². The van der Waals surface area contributed by atoms with Gasteiger partial charge < -0.3 is 18.9 Å². The van der Waals surface area contributed by atoms with Crippen LogP contribution in [0.1, 0.15) is 65.2 Å². The first-order valence-corrected chi connectivity index (χ1v) is 13.9.